The first-order valence-corrected chi connectivity index (χ1v) is 11.2. The maximum Gasteiger partial charge on any atom is 0.272 e. The van der Waals surface area contributed by atoms with Gasteiger partial charge in [0.15, 0.2) is 0 Å². The van der Waals surface area contributed by atoms with Gasteiger partial charge in [-0.25, -0.2) is 4.90 Å². The molecule has 3 aromatic carbocycles. The van der Waals surface area contributed by atoms with Crippen LogP contribution < -0.4 is 14.4 Å². The van der Waals surface area contributed by atoms with Crippen LogP contribution in [-0.4, -0.2) is 25.5 Å². The van der Waals surface area contributed by atoms with Gasteiger partial charge in [-0.1, -0.05) is 55.1 Å². The Hall–Kier alpha value is -3.51. The van der Waals surface area contributed by atoms with Crippen molar-refractivity contribution >= 4 is 34.8 Å². The van der Waals surface area contributed by atoms with Crippen LogP contribution in [0, 0.1) is 0 Å². The van der Waals surface area contributed by atoms with Crippen molar-refractivity contribution in [2.45, 2.75) is 18.2 Å². The van der Waals surface area contributed by atoms with E-state index in [4.69, 9.17) is 9.47 Å². The first-order chi connectivity index (χ1) is 15.6. The van der Waals surface area contributed by atoms with Gasteiger partial charge in [-0.15, -0.1) is 0 Å². The van der Waals surface area contributed by atoms with Gasteiger partial charge < -0.3 is 9.47 Å². The van der Waals surface area contributed by atoms with Crippen molar-refractivity contribution in [3.63, 3.8) is 0 Å². The predicted molar refractivity (Wildman–Crippen MR) is 127 cm³/mol. The minimum absolute atomic E-state index is 0.345. The van der Waals surface area contributed by atoms with Gasteiger partial charge in [0.2, 0.25) is 0 Å². The van der Waals surface area contributed by atoms with E-state index in [1.54, 1.807) is 49.6 Å². The number of hydrogen-bond acceptors (Lipinski definition) is 5. The van der Waals surface area contributed by atoms with E-state index in [0.29, 0.717) is 39.8 Å². The molecular formula is C26H23NO4S. The summed E-state index contributed by atoms with van der Waals surface area (Å²) in [6.07, 6.45) is 0.868. The SMILES string of the molecule is CCCOc1cccc(N2C(=O)C(Sc3ccccc3)=C(c3ccc(OC)cc3)C2=O)c1. The van der Waals surface area contributed by atoms with E-state index in [1.807, 2.05) is 43.3 Å². The van der Waals surface area contributed by atoms with E-state index >= 15 is 0 Å². The fraction of sp³-hybridized carbons (Fsp3) is 0.154. The number of anilines is 1. The second kappa shape index (κ2) is 9.75. The molecule has 0 saturated heterocycles. The Balaban J connectivity index is 1.75. The van der Waals surface area contributed by atoms with Crippen LogP contribution in [0.5, 0.6) is 11.5 Å². The number of methoxy groups -OCH3 is 1. The molecule has 0 aliphatic carbocycles. The van der Waals surface area contributed by atoms with Gasteiger partial charge in [0.25, 0.3) is 11.8 Å². The van der Waals surface area contributed by atoms with E-state index in [-0.39, 0.29) is 11.8 Å². The molecule has 0 radical (unpaired) electrons. The minimum atomic E-state index is -0.355. The lowest BCUT2D eigenvalue weighted by molar-refractivity contribution is -0.119. The third-order valence-electron chi connectivity index (χ3n) is 4.93. The van der Waals surface area contributed by atoms with Gasteiger partial charge in [0, 0.05) is 11.0 Å². The standard InChI is InChI=1S/C26H23NO4S/c1-3-16-31-21-9-7-8-19(17-21)27-25(28)23(18-12-14-20(30-2)15-13-18)24(26(27)29)32-22-10-5-4-6-11-22/h4-15,17H,3,16H2,1-2H3. The summed E-state index contributed by atoms with van der Waals surface area (Å²) < 4.78 is 10.9. The monoisotopic (exact) mass is 445 g/mol. The van der Waals surface area contributed by atoms with Crippen molar-refractivity contribution in [1.82, 2.24) is 0 Å². The summed E-state index contributed by atoms with van der Waals surface area (Å²) in [5.41, 5.74) is 1.54. The van der Waals surface area contributed by atoms with E-state index in [0.717, 1.165) is 11.3 Å². The van der Waals surface area contributed by atoms with Crippen LogP contribution in [-0.2, 0) is 9.59 Å². The molecule has 0 unspecified atom stereocenters. The summed E-state index contributed by atoms with van der Waals surface area (Å²) in [7, 11) is 1.59. The van der Waals surface area contributed by atoms with Crippen LogP contribution in [0.4, 0.5) is 5.69 Å². The van der Waals surface area contributed by atoms with E-state index in [2.05, 4.69) is 0 Å². The van der Waals surface area contributed by atoms with Gasteiger partial charge in [0.05, 0.1) is 29.9 Å². The summed E-state index contributed by atoms with van der Waals surface area (Å²) in [5.74, 6) is 0.606. The number of thioether (sulfide) groups is 1. The second-order valence-corrected chi connectivity index (χ2v) is 8.22. The van der Waals surface area contributed by atoms with Gasteiger partial charge in [-0.2, -0.15) is 0 Å². The molecule has 0 spiro atoms. The smallest absolute Gasteiger partial charge is 0.272 e. The Bertz CT molecular complexity index is 1160. The number of benzene rings is 3. The molecule has 0 fully saturated rings. The van der Waals surface area contributed by atoms with E-state index in [9.17, 15) is 9.59 Å². The third kappa shape index (κ3) is 4.41. The Morgan fingerprint density at radius 3 is 2.28 bits per heavy atom. The van der Waals surface area contributed by atoms with Crippen LogP contribution in [0.25, 0.3) is 5.57 Å². The second-order valence-electron chi connectivity index (χ2n) is 7.14. The molecule has 6 heteroatoms. The molecule has 1 aliphatic heterocycles. The molecular weight excluding hydrogens is 422 g/mol. The zero-order valence-electron chi connectivity index (χ0n) is 17.9. The zero-order chi connectivity index (χ0) is 22.5. The molecule has 5 nitrogen and oxygen atoms in total. The maximum absolute atomic E-state index is 13.6. The first-order valence-electron chi connectivity index (χ1n) is 10.4. The molecule has 0 atom stereocenters. The van der Waals surface area contributed by atoms with Crippen LogP contribution >= 0.6 is 11.8 Å². The number of hydrogen-bond donors (Lipinski definition) is 0. The van der Waals surface area contributed by atoms with Crippen molar-refractivity contribution in [2.75, 3.05) is 18.6 Å². The van der Waals surface area contributed by atoms with Crippen LogP contribution in [0.15, 0.2) is 88.7 Å². The molecule has 0 bridgehead atoms. The Labute approximate surface area is 191 Å². The van der Waals surface area contributed by atoms with Crippen molar-refractivity contribution in [3.8, 4) is 11.5 Å². The summed E-state index contributed by atoms with van der Waals surface area (Å²) in [6.45, 7) is 2.59. The molecule has 32 heavy (non-hydrogen) atoms. The lowest BCUT2D eigenvalue weighted by atomic mass is 10.1. The summed E-state index contributed by atoms with van der Waals surface area (Å²) in [6, 6.07) is 23.8. The van der Waals surface area contributed by atoms with Crippen molar-refractivity contribution in [1.29, 1.82) is 0 Å². The molecule has 0 aromatic heterocycles. The van der Waals surface area contributed by atoms with E-state index in [1.165, 1.54) is 16.7 Å². The largest absolute Gasteiger partial charge is 0.497 e. The lowest BCUT2D eigenvalue weighted by Crippen LogP contribution is -2.31. The Morgan fingerprint density at radius 2 is 1.59 bits per heavy atom. The Kier molecular flexibility index (Phi) is 6.61. The molecule has 1 aliphatic rings. The van der Waals surface area contributed by atoms with Crippen LogP contribution in [0.1, 0.15) is 18.9 Å². The average molecular weight is 446 g/mol. The Morgan fingerprint density at radius 1 is 0.844 bits per heavy atom. The number of imide groups is 1. The van der Waals surface area contributed by atoms with Crippen LogP contribution in [0.2, 0.25) is 0 Å². The van der Waals surface area contributed by atoms with Gasteiger partial charge in [0.1, 0.15) is 11.5 Å². The number of nitrogens with zero attached hydrogens (tertiary/aromatic N) is 1. The molecule has 4 rings (SSSR count). The number of carbonyl (C=O) groups is 2. The van der Waals surface area contributed by atoms with Crippen molar-refractivity contribution in [2.24, 2.45) is 0 Å². The predicted octanol–water partition coefficient (Wildman–Crippen LogP) is 5.56. The van der Waals surface area contributed by atoms with Gasteiger partial charge in [-0.05, 0) is 48.4 Å². The summed E-state index contributed by atoms with van der Waals surface area (Å²) in [4.78, 5) is 29.6. The molecule has 3 aromatic rings. The molecule has 1 heterocycles. The third-order valence-corrected chi connectivity index (χ3v) is 6.02. The fourth-order valence-electron chi connectivity index (χ4n) is 3.39. The number of ether oxygens (including phenoxy) is 2. The molecule has 2 amide bonds. The highest BCUT2D eigenvalue weighted by Gasteiger charge is 2.40. The van der Waals surface area contributed by atoms with Crippen LogP contribution in [0.3, 0.4) is 0 Å². The fourth-order valence-corrected chi connectivity index (χ4v) is 4.40. The van der Waals surface area contributed by atoms with Gasteiger partial charge in [-0.3, -0.25) is 9.59 Å². The summed E-state index contributed by atoms with van der Waals surface area (Å²) in [5, 5.41) is 0. The first kappa shape index (κ1) is 21.7. The maximum atomic E-state index is 13.6. The zero-order valence-corrected chi connectivity index (χ0v) is 18.7. The molecule has 0 saturated carbocycles. The topological polar surface area (TPSA) is 55.8 Å². The lowest BCUT2D eigenvalue weighted by Gasteiger charge is -2.16. The average Bonchev–Trinajstić information content (AvgIpc) is 3.07. The molecule has 162 valence electrons. The quantitative estimate of drug-likeness (QED) is 0.425. The highest BCUT2D eigenvalue weighted by Crippen LogP contribution is 2.42. The van der Waals surface area contributed by atoms with Gasteiger partial charge >= 0.3 is 0 Å². The van der Waals surface area contributed by atoms with Crippen molar-refractivity contribution in [3.05, 3.63) is 89.3 Å². The summed E-state index contributed by atoms with van der Waals surface area (Å²) >= 11 is 1.30. The number of carbonyl (C=O) groups excluding carboxylic acids is 2. The normalized spacial score (nSPS) is 13.6. The number of amides is 2. The van der Waals surface area contributed by atoms with Crippen molar-refractivity contribution < 1.29 is 19.1 Å². The minimum Gasteiger partial charge on any atom is -0.497 e. The highest BCUT2D eigenvalue weighted by molar-refractivity contribution is 8.04. The number of rotatable bonds is 8. The highest BCUT2D eigenvalue weighted by atomic mass is 32.2. The molecule has 0 N–H and O–H groups in total. The van der Waals surface area contributed by atoms with E-state index < -0.39 is 0 Å².